The smallest absolute Gasteiger partial charge is 0.191 e. The standard InChI is InChI=1S/C19H38O7Si/c1-18(2,3)27(7,8)23-10-9-13-15(22-12-21-6)17-16(14(11-20)24-13)25-19(4,5)26-17/h13-17,20H,9-12H2,1-8H3/t13-,14+,15+,16+,17-/m0/s1. The molecule has 0 aliphatic carbocycles. The van der Waals surface area contributed by atoms with Crippen LogP contribution in [0.4, 0.5) is 0 Å². The molecule has 27 heavy (non-hydrogen) atoms. The Morgan fingerprint density at radius 3 is 2.26 bits per heavy atom. The van der Waals surface area contributed by atoms with Gasteiger partial charge in [-0.3, -0.25) is 0 Å². The van der Waals surface area contributed by atoms with Gasteiger partial charge in [0.05, 0.1) is 12.7 Å². The van der Waals surface area contributed by atoms with E-state index < -0.39 is 20.2 Å². The highest BCUT2D eigenvalue weighted by molar-refractivity contribution is 6.74. The van der Waals surface area contributed by atoms with Gasteiger partial charge < -0.3 is 33.2 Å². The van der Waals surface area contributed by atoms with E-state index in [4.69, 9.17) is 28.1 Å². The van der Waals surface area contributed by atoms with Crippen LogP contribution in [-0.2, 0) is 28.1 Å². The largest absolute Gasteiger partial charge is 0.417 e. The van der Waals surface area contributed by atoms with Crippen molar-refractivity contribution in [1.82, 2.24) is 0 Å². The molecule has 1 N–H and O–H groups in total. The molecule has 5 atom stereocenters. The molecule has 0 spiro atoms. The van der Waals surface area contributed by atoms with E-state index in [2.05, 4.69) is 33.9 Å². The van der Waals surface area contributed by atoms with E-state index in [0.717, 1.165) is 0 Å². The lowest BCUT2D eigenvalue weighted by Crippen LogP contribution is -2.58. The zero-order valence-corrected chi connectivity index (χ0v) is 19.1. The van der Waals surface area contributed by atoms with Gasteiger partial charge in [0.1, 0.15) is 31.2 Å². The predicted molar refractivity (Wildman–Crippen MR) is 104 cm³/mol. The fraction of sp³-hybridized carbons (Fsp3) is 1.00. The molecule has 7 nitrogen and oxygen atoms in total. The Balaban J connectivity index is 2.08. The van der Waals surface area contributed by atoms with Gasteiger partial charge in [-0.15, -0.1) is 0 Å². The molecular formula is C19H38O7Si. The van der Waals surface area contributed by atoms with Crippen molar-refractivity contribution in [1.29, 1.82) is 0 Å². The molecule has 0 unspecified atom stereocenters. The van der Waals surface area contributed by atoms with Crippen LogP contribution in [0.5, 0.6) is 0 Å². The van der Waals surface area contributed by atoms with Crippen LogP contribution in [0.15, 0.2) is 0 Å². The summed E-state index contributed by atoms with van der Waals surface area (Å²) in [6.07, 6.45) is -1.09. The van der Waals surface area contributed by atoms with Crippen LogP contribution in [0, 0.1) is 0 Å². The maximum atomic E-state index is 9.80. The maximum Gasteiger partial charge on any atom is 0.191 e. The molecule has 2 fully saturated rings. The van der Waals surface area contributed by atoms with Gasteiger partial charge >= 0.3 is 0 Å². The summed E-state index contributed by atoms with van der Waals surface area (Å²) >= 11 is 0. The van der Waals surface area contributed by atoms with Gasteiger partial charge in [-0.25, -0.2) is 0 Å². The second-order valence-corrected chi connectivity index (χ2v) is 14.2. The summed E-state index contributed by atoms with van der Waals surface area (Å²) in [5.74, 6) is -0.743. The summed E-state index contributed by atoms with van der Waals surface area (Å²) in [5, 5.41) is 9.95. The van der Waals surface area contributed by atoms with Crippen molar-refractivity contribution in [2.24, 2.45) is 0 Å². The molecule has 0 radical (unpaired) electrons. The second kappa shape index (κ2) is 8.75. The minimum absolute atomic E-state index is 0.128. The number of rotatable bonds is 8. The molecule has 2 aliphatic rings. The van der Waals surface area contributed by atoms with Crippen LogP contribution in [0.3, 0.4) is 0 Å². The first-order valence-electron chi connectivity index (χ1n) is 9.78. The van der Waals surface area contributed by atoms with Crippen LogP contribution >= 0.6 is 0 Å². The van der Waals surface area contributed by atoms with E-state index in [0.29, 0.717) is 13.0 Å². The number of ether oxygens (including phenoxy) is 5. The van der Waals surface area contributed by atoms with Crippen LogP contribution < -0.4 is 0 Å². The van der Waals surface area contributed by atoms with Crippen LogP contribution in [0.1, 0.15) is 41.0 Å². The lowest BCUT2D eigenvalue weighted by molar-refractivity contribution is -0.231. The summed E-state index contributed by atoms with van der Waals surface area (Å²) in [7, 11) is -0.251. The average molecular weight is 407 g/mol. The molecule has 2 rings (SSSR count). The monoisotopic (exact) mass is 406 g/mol. The van der Waals surface area contributed by atoms with Gasteiger partial charge in [-0.05, 0) is 38.4 Å². The number of hydrogen-bond donors (Lipinski definition) is 1. The second-order valence-electron chi connectivity index (χ2n) is 9.40. The van der Waals surface area contributed by atoms with Crippen molar-refractivity contribution in [3.63, 3.8) is 0 Å². The molecule has 0 aromatic carbocycles. The summed E-state index contributed by atoms with van der Waals surface area (Å²) in [6.45, 7) is 15.4. The first kappa shape index (κ1) is 23.2. The van der Waals surface area contributed by atoms with E-state index in [1.54, 1.807) is 7.11 Å². The van der Waals surface area contributed by atoms with Gasteiger partial charge in [0.25, 0.3) is 0 Å². The fourth-order valence-corrected chi connectivity index (χ4v) is 4.39. The zero-order chi connectivity index (χ0) is 20.5. The molecule has 0 aromatic heterocycles. The van der Waals surface area contributed by atoms with E-state index >= 15 is 0 Å². The topological polar surface area (TPSA) is 75.6 Å². The Bertz CT molecular complexity index is 477. The highest BCUT2D eigenvalue weighted by Gasteiger charge is 2.55. The minimum atomic E-state index is -1.84. The molecule has 0 bridgehead atoms. The minimum Gasteiger partial charge on any atom is -0.417 e. The SMILES string of the molecule is COCO[C@H]1[C@@H]2OC(C)(C)O[C@@H]2[C@@H](CO)O[C@H]1CCO[Si](C)(C)C(C)(C)C. The maximum absolute atomic E-state index is 9.80. The Hall–Kier alpha value is -0.0631. The molecule has 2 aliphatic heterocycles. The van der Waals surface area contributed by atoms with Crippen molar-refractivity contribution in [3.05, 3.63) is 0 Å². The fourth-order valence-electron chi connectivity index (χ4n) is 3.32. The van der Waals surface area contributed by atoms with Gasteiger partial charge in [0.2, 0.25) is 0 Å². The Labute approximate surface area is 164 Å². The first-order chi connectivity index (χ1) is 12.4. The third-order valence-electron chi connectivity index (χ3n) is 5.80. The normalized spacial score (nSPS) is 33.9. The summed E-state index contributed by atoms with van der Waals surface area (Å²) in [6, 6.07) is 0. The molecule has 2 saturated heterocycles. The Kier molecular flexibility index (Phi) is 7.52. The average Bonchev–Trinajstić information content (AvgIpc) is 2.87. The van der Waals surface area contributed by atoms with E-state index in [9.17, 15) is 5.11 Å². The first-order valence-corrected chi connectivity index (χ1v) is 12.7. The lowest BCUT2D eigenvalue weighted by Gasteiger charge is -2.42. The molecule has 0 saturated carbocycles. The molecule has 8 heteroatoms. The van der Waals surface area contributed by atoms with Crippen molar-refractivity contribution in [2.45, 2.75) is 95.5 Å². The molecule has 160 valence electrons. The van der Waals surface area contributed by atoms with Gasteiger partial charge in [0.15, 0.2) is 14.1 Å². The van der Waals surface area contributed by atoms with E-state index in [1.807, 2.05) is 13.8 Å². The third kappa shape index (κ3) is 5.51. The Morgan fingerprint density at radius 1 is 1.07 bits per heavy atom. The van der Waals surface area contributed by atoms with Gasteiger partial charge in [-0.2, -0.15) is 0 Å². The van der Waals surface area contributed by atoms with E-state index in [-0.39, 0.29) is 42.9 Å². The number of aliphatic hydroxyl groups is 1. The van der Waals surface area contributed by atoms with Crippen molar-refractivity contribution in [2.75, 3.05) is 27.1 Å². The predicted octanol–water partition coefficient (Wildman–Crippen LogP) is 2.67. The summed E-state index contributed by atoms with van der Waals surface area (Å²) in [5.41, 5.74) is 0. The Morgan fingerprint density at radius 2 is 1.70 bits per heavy atom. The van der Waals surface area contributed by atoms with Crippen molar-refractivity contribution < 1.29 is 33.2 Å². The zero-order valence-electron chi connectivity index (χ0n) is 18.1. The summed E-state index contributed by atoms with van der Waals surface area (Å²) in [4.78, 5) is 0. The molecule has 0 aromatic rings. The highest BCUT2D eigenvalue weighted by Crippen LogP contribution is 2.40. The van der Waals surface area contributed by atoms with E-state index in [1.165, 1.54) is 0 Å². The van der Waals surface area contributed by atoms with Crippen LogP contribution in [-0.4, -0.2) is 76.8 Å². The third-order valence-corrected chi connectivity index (χ3v) is 10.3. The quantitative estimate of drug-likeness (QED) is 0.490. The molecular weight excluding hydrogens is 368 g/mol. The number of methoxy groups -OCH3 is 1. The van der Waals surface area contributed by atoms with Crippen LogP contribution in [0.2, 0.25) is 18.1 Å². The van der Waals surface area contributed by atoms with Gasteiger partial charge in [-0.1, -0.05) is 20.8 Å². The highest BCUT2D eigenvalue weighted by atomic mass is 28.4. The summed E-state index contributed by atoms with van der Waals surface area (Å²) < 4.78 is 35.5. The number of fused-ring (bicyclic) bond motifs is 1. The molecule has 2 heterocycles. The van der Waals surface area contributed by atoms with Crippen LogP contribution in [0.25, 0.3) is 0 Å². The number of aliphatic hydroxyl groups excluding tert-OH is 1. The van der Waals surface area contributed by atoms with Crippen molar-refractivity contribution in [3.8, 4) is 0 Å². The lowest BCUT2D eigenvalue weighted by atomic mass is 9.93. The number of hydrogen-bond acceptors (Lipinski definition) is 7. The van der Waals surface area contributed by atoms with Gasteiger partial charge in [0, 0.05) is 13.7 Å². The molecule has 0 amide bonds. The van der Waals surface area contributed by atoms with Crippen molar-refractivity contribution >= 4 is 8.32 Å².